The highest BCUT2D eigenvalue weighted by atomic mass is 16.6. The number of ether oxygens (including phenoxy) is 1. The van der Waals surface area contributed by atoms with E-state index in [2.05, 4.69) is 6.92 Å². The first-order valence-electron chi connectivity index (χ1n) is 6.33. The van der Waals surface area contributed by atoms with Crippen LogP contribution in [0.3, 0.4) is 0 Å². The molecule has 2 rings (SSSR count). The first kappa shape index (κ1) is 11.4. The van der Waals surface area contributed by atoms with Gasteiger partial charge in [0.2, 0.25) is 0 Å². The normalized spacial score (nSPS) is 36.4. The number of hydrogen-bond acceptors (Lipinski definition) is 2. The summed E-state index contributed by atoms with van der Waals surface area (Å²) in [6.45, 7) is 5.83. The van der Waals surface area contributed by atoms with Gasteiger partial charge in [-0.3, -0.25) is 0 Å². The van der Waals surface area contributed by atoms with E-state index in [-0.39, 0.29) is 4.65 Å². The zero-order valence-electron chi connectivity index (χ0n) is 9.78. The molecule has 0 aromatic rings. The molecule has 0 spiro atoms. The third kappa shape index (κ3) is 3.16. The summed E-state index contributed by atoms with van der Waals surface area (Å²) in [4.78, 5) is 0. The maximum atomic E-state index is 12.3. The minimum Gasteiger partial charge on any atom is -0.633 e. The van der Waals surface area contributed by atoms with Crippen LogP contribution >= 0.6 is 0 Å². The van der Waals surface area contributed by atoms with Gasteiger partial charge in [-0.1, -0.05) is 19.8 Å². The largest absolute Gasteiger partial charge is 0.633 e. The molecule has 0 atom stereocenters. The van der Waals surface area contributed by atoms with Gasteiger partial charge in [-0.05, 0) is 18.8 Å². The quantitative estimate of drug-likeness (QED) is 0.520. The van der Waals surface area contributed by atoms with E-state index >= 15 is 0 Å². The first-order valence-corrected chi connectivity index (χ1v) is 6.33. The van der Waals surface area contributed by atoms with Crippen LogP contribution in [0.15, 0.2) is 0 Å². The first-order chi connectivity index (χ1) is 7.18. The van der Waals surface area contributed by atoms with Gasteiger partial charge in [-0.25, -0.2) is 0 Å². The Balaban J connectivity index is 1.80. The second-order valence-electron chi connectivity index (χ2n) is 5.43. The minimum atomic E-state index is 0.0129. The summed E-state index contributed by atoms with van der Waals surface area (Å²) in [7, 11) is 0. The van der Waals surface area contributed by atoms with Crippen LogP contribution < -0.4 is 0 Å². The molecule has 2 aliphatic rings. The molecule has 3 heteroatoms. The van der Waals surface area contributed by atoms with Crippen molar-refractivity contribution in [2.75, 3.05) is 32.8 Å². The summed E-state index contributed by atoms with van der Waals surface area (Å²) in [6, 6.07) is 0. The van der Waals surface area contributed by atoms with Crippen molar-refractivity contribution >= 4 is 0 Å². The van der Waals surface area contributed by atoms with Crippen LogP contribution in [-0.4, -0.2) is 37.5 Å². The van der Waals surface area contributed by atoms with Crippen LogP contribution in [0.1, 0.15) is 32.6 Å². The van der Waals surface area contributed by atoms with Gasteiger partial charge in [0.15, 0.2) is 0 Å². The average molecular weight is 213 g/mol. The van der Waals surface area contributed by atoms with E-state index in [1.807, 2.05) is 0 Å². The maximum Gasteiger partial charge on any atom is 0.102 e. The highest BCUT2D eigenvalue weighted by Crippen LogP contribution is 2.30. The second-order valence-corrected chi connectivity index (χ2v) is 5.43. The average Bonchev–Trinajstić information content (AvgIpc) is 2.22. The Labute approximate surface area is 92.6 Å². The van der Waals surface area contributed by atoms with E-state index < -0.39 is 0 Å². The Morgan fingerprint density at radius 3 is 2.33 bits per heavy atom. The van der Waals surface area contributed by atoms with E-state index in [1.165, 1.54) is 25.7 Å². The van der Waals surface area contributed by atoms with Gasteiger partial charge < -0.3 is 14.6 Å². The van der Waals surface area contributed by atoms with Crippen molar-refractivity contribution in [3.05, 3.63) is 5.21 Å². The Hall–Kier alpha value is -0.120. The number of morpholine rings is 1. The van der Waals surface area contributed by atoms with Crippen LogP contribution in [0.4, 0.5) is 0 Å². The Kier molecular flexibility index (Phi) is 3.65. The smallest absolute Gasteiger partial charge is 0.102 e. The predicted octanol–water partition coefficient (Wildman–Crippen LogP) is 2.16. The summed E-state index contributed by atoms with van der Waals surface area (Å²) in [5.74, 6) is 1.56. The number of quaternary nitrogens is 1. The molecule has 1 saturated heterocycles. The lowest BCUT2D eigenvalue weighted by atomic mass is 9.82. The molecule has 2 fully saturated rings. The van der Waals surface area contributed by atoms with E-state index in [9.17, 15) is 5.21 Å². The van der Waals surface area contributed by atoms with Crippen LogP contribution in [0.2, 0.25) is 0 Å². The van der Waals surface area contributed by atoms with Crippen molar-refractivity contribution in [3.8, 4) is 0 Å². The summed E-state index contributed by atoms with van der Waals surface area (Å²) in [6.07, 6.45) is 5.18. The van der Waals surface area contributed by atoms with Crippen molar-refractivity contribution in [2.45, 2.75) is 32.6 Å². The van der Waals surface area contributed by atoms with Crippen molar-refractivity contribution in [1.82, 2.24) is 0 Å². The molecule has 0 aromatic carbocycles. The maximum absolute atomic E-state index is 12.3. The van der Waals surface area contributed by atoms with E-state index in [4.69, 9.17) is 4.74 Å². The lowest BCUT2D eigenvalue weighted by molar-refractivity contribution is -0.892. The van der Waals surface area contributed by atoms with Crippen molar-refractivity contribution in [1.29, 1.82) is 0 Å². The highest BCUT2D eigenvalue weighted by Gasteiger charge is 2.27. The van der Waals surface area contributed by atoms with Gasteiger partial charge in [-0.2, -0.15) is 0 Å². The third-order valence-electron chi connectivity index (χ3n) is 4.01. The van der Waals surface area contributed by atoms with Gasteiger partial charge in [0, 0.05) is 5.92 Å². The van der Waals surface area contributed by atoms with E-state index in [0.717, 1.165) is 12.5 Å². The number of hydrogen-bond donors (Lipinski definition) is 0. The molecule has 15 heavy (non-hydrogen) atoms. The van der Waals surface area contributed by atoms with Crippen molar-refractivity contribution in [3.63, 3.8) is 0 Å². The fourth-order valence-electron chi connectivity index (χ4n) is 2.84. The van der Waals surface area contributed by atoms with Crippen LogP contribution in [0.25, 0.3) is 0 Å². The summed E-state index contributed by atoms with van der Waals surface area (Å²) in [5.41, 5.74) is 0. The van der Waals surface area contributed by atoms with Crippen LogP contribution in [0.5, 0.6) is 0 Å². The molecule has 0 N–H and O–H groups in total. The van der Waals surface area contributed by atoms with E-state index in [0.29, 0.717) is 32.2 Å². The molecular weight excluding hydrogens is 190 g/mol. The monoisotopic (exact) mass is 213 g/mol. The standard InChI is InChI=1S/C12H23NO2/c1-11-2-4-12(5-3-11)10-13(14)6-8-15-9-7-13/h11-12H,2-10H2,1H3. The van der Waals surface area contributed by atoms with Gasteiger partial charge in [0.1, 0.15) is 13.1 Å². The highest BCUT2D eigenvalue weighted by molar-refractivity contribution is 4.70. The second kappa shape index (κ2) is 4.81. The zero-order chi connectivity index (χ0) is 10.7. The Morgan fingerprint density at radius 1 is 1.13 bits per heavy atom. The molecule has 0 unspecified atom stereocenters. The Morgan fingerprint density at radius 2 is 1.73 bits per heavy atom. The van der Waals surface area contributed by atoms with E-state index in [1.54, 1.807) is 0 Å². The van der Waals surface area contributed by atoms with Crippen molar-refractivity contribution in [2.24, 2.45) is 11.8 Å². The predicted molar refractivity (Wildman–Crippen MR) is 60.2 cm³/mol. The molecule has 0 aromatic heterocycles. The lowest BCUT2D eigenvalue weighted by Gasteiger charge is -2.47. The third-order valence-corrected chi connectivity index (χ3v) is 4.01. The molecule has 0 bridgehead atoms. The van der Waals surface area contributed by atoms with Gasteiger partial charge >= 0.3 is 0 Å². The number of nitrogens with zero attached hydrogens (tertiary/aromatic N) is 1. The van der Waals surface area contributed by atoms with Crippen molar-refractivity contribution < 1.29 is 9.38 Å². The van der Waals surface area contributed by atoms with Crippen LogP contribution in [-0.2, 0) is 4.74 Å². The SMILES string of the molecule is CC1CCC(C[N+]2([O-])CCOCC2)CC1. The molecule has 1 saturated carbocycles. The summed E-state index contributed by atoms with van der Waals surface area (Å²) in [5, 5.41) is 12.3. The molecule has 88 valence electrons. The molecule has 3 nitrogen and oxygen atoms in total. The van der Waals surface area contributed by atoms with Crippen LogP contribution in [0, 0.1) is 17.0 Å². The molecule has 0 radical (unpaired) electrons. The van der Waals surface area contributed by atoms with Gasteiger partial charge in [0.05, 0.1) is 19.8 Å². The molecule has 1 heterocycles. The Bertz CT molecular complexity index is 194. The topological polar surface area (TPSA) is 32.3 Å². The lowest BCUT2D eigenvalue weighted by Crippen LogP contribution is -2.53. The molecule has 1 aliphatic heterocycles. The van der Waals surface area contributed by atoms with Gasteiger partial charge in [-0.15, -0.1) is 0 Å². The summed E-state index contributed by atoms with van der Waals surface area (Å²) < 4.78 is 5.27. The number of rotatable bonds is 2. The fourth-order valence-corrected chi connectivity index (χ4v) is 2.84. The molecule has 0 amide bonds. The number of hydroxylamine groups is 3. The molecule has 1 aliphatic carbocycles. The molecular formula is C12H23NO2. The van der Waals surface area contributed by atoms with Gasteiger partial charge in [0.25, 0.3) is 0 Å². The zero-order valence-corrected chi connectivity index (χ0v) is 9.78. The summed E-state index contributed by atoms with van der Waals surface area (Å²) >= 11 is 0. The fraction of sp³-hybridized carbons (Fsp3) is 1.00. The minimum absolute atomic E-state index is 0.0129.